The second-order valence-electron chi connectivity index (χ2n) is 4.98. The molecule has 3 atom stereocenters. The molecule has 0 unspecified atom stereocenters. The Labute approximate surface area is 104 Å². The van der Waals surface area contributed by atoms with Gasteiger partial charge in [-0.25, -0.2) is 4.79 Å². The van der Waals surface area contributed by atoms with E-state index in [2.05, 4.69) is 32.3 Å². The van der Waals surface area contributed by atoms with Crippen LogP contribution >= 0.6 is 0 Å². The van der Waals surface area contributed by atoms with E-state index in [1.54, 1.807) is 0 Å². The third kappa shape index (κ3) is 3.35. The number of hydrogen-bond donors (Lipinski definition) is 1. The second-order valence-corrected chi connectivity index (χ2v) is 4.98. The molecular formula is C14H23NO2. The summed E-state index contributed by atoms with van der Waals surface area (Å²) in [7, 11) is 0. The van der Waals surface area contributed by atoms with Gasteiger partial charge >= 0.3 is 5.97 Å². The molecule has 3 heteroatoms. The number of carboxylic acids is 1. The van der Waals surface area contributed by atoms with Gasteiger partial charge in [-0.15, -0.1) is 6.58 Å². The van der Waals surface area contributed by atoms with Gasteiger partial charge in [-0.05, 0) is 25.7 Å². The first-order valence-corrected chi connectivity index (χ1v) is 6.31. The zero-order valence-corrected chi connectivity index (χ0v) is 11.0. The van der Waals surface area contributed by atoms with Gasteiger partial charge in [0.05, 0.1) is 0 Å². The number of aliphatic carboxylic acids is 1. The van der Waals surface area contributed by atoms with Crippen molar-refractivity contribution >= 4 is 5.97 Å². The van der Waals surface area contributed by atoms with Crippen LogP contribution in [-0.4, -0.2) is 28.6 Å². The zero-order valence-electron chi connectivity index (χ0n) is 11.0. The van der Waals surface area contributed by atoms with E-state index < -0.39 is 5.97 Å². The highest BCUT2D eigenvalue weighted by Gasteiger charge is 2.27. The van der Waals surface area contributed by atoms with E-state index in [1.165, 1.54) is 6.08 Å². The Bertz CT molecular complexity index is 322. The van der Waals surface area contributed by atoms with E-state index in [9.17, 15) is 4.79 Å². The minimum atomic E-state index is -0.859. The van der Waals surface area contributed by atoms with E-state index in [0.717, 1.165) is 25.1 Å². The summed E-state index contributed by atoms with van der Waals surface area (Å²) in [5.74, 6) is -0.375. The van der Waals surface area contributed by atoms with Gasteiger partial charge in [0.25, 0.3) is 0 Å². The maximum atomic E-state index is 11.0. The minimum Gasteiger partial charge on any atom is -0.478 e. The minimum absolute atomic E-state index is 0.198. The molecule has 0 aliphatic carbocycles. The Balaban J connectivity index is 2.95. The summed E-state index contributed by atoms with van der Waals surface area (Å²) >= 11 is 0. The van der Waals surface area contributed by atoms with E-state index in [1.807, 2.05) is 6.08 Å². The number of nitrogens with zero attached hydrogens (tertiary/aromatic N) is 1. The summed E-state index contributed by atoms with van der Waals surface area (Å²) in [6.45, 7) is 11.1. The molecule has 0 aromatic carbocycles. The molecule has 1 saturated heterocycles. The van der Waals surface area contributed by atoms with Crippen molar-refractivity contribution in [2.75, 3.05) is 6.54 Å². The summed E-state index contributed by atoms with van der Waals surface area (Å²) in [6.07, 6.45) is 5.55. The number of carboxylic acid groups (broad SMARTS) is 1. The van der Waals surface area contributed by atoms with Crippen LogP contribution < -0.4 is 0 Å². The number of likely N-dealkylation sites (tertiary alicyclic amines) is 1. The monoisotopic (exact) mass is 237 g/mol. The predicted molar refractivity (Wildman–Crippen MR) is 69.6 cm³/mol. The highest BCUT2D eigenvalue weighted by molar-refractivity contribution is 5.80. The summed E-state index contributed by atoms with van der Waals surface area (Å²) in [4.78, 5) is 13.2. The Morgan fingerprint density at radius 3 is 2.59 bits per heavy atom. The normalized spacial score (nSPS) is 24.5. The molecule has 0 amide bonds. The van der Waals surface area contributed by atoms with Gasteiger partial charge in [-0.1, -0.05) is 19.9 Å². The molecule has 0 bridgehead atoms. The Morgan fingerprint density at radius 2 is 2.18 bits per heavy atom. The van der Waals surface area contributed by atoms with Crippen molar-refractivity contribution in [3.8, 4) is 0 Å². The first-order chi connectivity index (χ1) is 7.97. The lowest BCUT2D eigenvalue weighted by Crippen LogP contribution is -2.31. The third-order valence-corrected chi connectivity index (χ3v) is 3.78. The smallest absolute Gasteiger partial charge is 0.330 e. The van der Waals surface area contributed by atoms with Crippen LogP contribution in [0.2, 0.25) is 0 Å². The highest BCUT2D eigenvalue weighted by Crippen LogP contribution is 2.30. The van der Waals surface area contributed by atoms with E-state index >= 15 is 0 Å². The number of carbonyl (C=O) groups is 1. The van der Waals surface area contributed by atoms with Gasteiger partial charge in [-0.3, -0.25) is 0 Å². The van der Waals surface area contributed by atoms with Crippen molar-refractivity contribution in [2.45, 2.75) is 39.7 Å². The molecule has 96 valence electrons. The number of allylic oxidation sites excluding steroid dienone is 2. The molecule has 17 heavy (non-hydrogen) atoms. The van der Waals surface area contributed by atoms with Crippen molar-refractivity contribution in [3.63, 3.8) is 0 Å². The fourth-order valence-electron chi connectivity index (χ4n) is 2.39. The molecule has 0 aromatic rings. The topological polar surface area (TPSA) is 40.5 Å². The maximum Gasteiger partial charge on any atom is 0.330 e. The first kappa shape index (κ1) is 13.8. The van der Waals surface area contributed by atoms with Crippen molar-refractivity contribution in [3.05, 3.63) is 24.4 Å². The second kappa shape index (κ2) is 5.89. The highest BCUT2D eigenvalue weighted by atomic mass is 16.4. The molecule has 1 aliphatic rings. The molecule has 1 heterocycles. The van der Waals surface area contributed by atoms with E-state index in [0.29, 0.717) is 6.04 Å². The lowest BCUT2D eigenvalue weighted by atomic mass is 9.91. The molecule has 1 N–H and O–H groups in total. The van der Waals surface area contributed by atoms with Crippen LogP contribution in [0.4, 0.5) is 0 Å². The summed E-state index contributed by atoms with van der Waals surface area (Å²) in [5.41, 5.74) is 0.940. The molecule has 0 radical (unpaired) electrons. The van der Waals surface area contributed by atoms with Crippen LogP contribution in [0.5, 0.6) is 0 Å². The molecule has 3 nitrogen and oxygen atoms in total. The van der Waals surface area contributed by atoms with Gasteiger partial charge in [-0.2, -0.15) is 0 Å². The quantitative estimate of drug-likeness (QED) is 0.590. The summed E-state index contributed by atoms with van der Waals surface area (Å²) < 4.78 is 0. The molecule has 0 saturated carbocycles. The standard InChI is InChI=1S/C14H23NO2/c1-5-10(2)12(4)13(9-14(16)17)15-8-6-7-11(15)3/h5,9-12H,1,6-8H2,2-4H3,(H,16,17)/b13-9-/t10-,11+,12+/m1/s1. The van der Waals surface area contributed by atoms with Gasteiger partial charge in [0, 0.05) is 30.3 Å². The van der Waals surface area contributed by atoms with Gasteiger partial charge < -0.3 is 10.0 Å². The molecule has 1 fully saturated rings. The molecule has 1 aliphatic heterocycles. The van der Waals surface area contributed by atoms with Crippen LogP contribution in [0.1, 0.15) is 33.6 Å². The molecule has 0 aromatic heterocycles. The van der Waals surface area contributed by atoms with Gasteiger partial charge in [0.15, 0.2) is 0 Å². The third-order valence-electron chi connectivity index (χ3n) is 3.78. The maximum absolute atomic E-state index is 11.0. The van der Waals surface area contributed by atoms with Crippen LogP contribution in [-0.2, 0) is 4.79 Å². The largest absolute Gasteiger partial charge is 0.478 e. The fourth-order valence-corrected chi connectivity index (χ4v) is 2.39. The zero-order chi connectivity index (χ0) is 13.0. The Morgan fingerprint density at radius 1 is 1.53 bits per heavy atom. The lowest BCUT2D eigenvalue weighted by molar-refractivity contribution is -0.131. The average molecular weight is 237 g/mol. The summed E-state index contributed by atoms with van der Waals surface area (Å²) in [5, 5.41) is 9.00. The number of rotatable bonds is 5. The van der Waals surface area contributed by atoms with Crippen LogP contribution in [0.25, 0.3) is 0 Å². The van der Waals surface area contributed by atoms with Gasteiger partial charge in [0.2, 0.25) is 0 Å². The fraction of sp³-hybridized carbons (Fsp3) is 0.643. The Kier molecular flexibility index (Phi) is 4.79. The van der Waals surface area contributed by atoms with E-state index in [-0.39, 0.29) is 11.8 Å². The number of hydrogen-bond acceptors (Lipinski definition) is 2. The molecule has 1 rings (SSSR count). The SMILES string of the molecule is C=C[C@@H](C)[C@H](C)/C(=C/C(=O)O)N1CCC[C@@H]1C. The van der Waals surface area contributed by atoms with Crippen molar-refractivity contribution in [1.29, 1.82) is 0 Å². The lowest BCUT2D eigenvalue weighted by Gasteiger charge is -2.32. The predicted octanol–water partition coefficient (Wildman–Crippen LogP) is 2.90. The van der Waals surface area contributed by atoms with Crippen LogP contribution in [0, 0.1) is 11.8 Å². The molecular weight excluding hydrogens is 214 g/mol. The molecule has 0 spiro atoms. The van der Waals surface area contributed by atoms with Crippen molar-refractivity contribution in [1.82, 2.24) is 4.90 Å². The van der Waals surface area contributed by atoms with E-state index in [4.69, 9.17) is 5.11 Å². The van der Waals surface area contributed by atoms with Crippen LogP contribution in [0.3, 0.4) is 0 Å². The van der Waals surface area contributed by atoms with Crippen molar-refractivity contribution < 1.29 is 9.90 Å². The first-order valence-electron chi connectivity index (χ1n) is 6.31. The van der Waals surface area contributed by atoms with Gasteiger partial charge in [0.1, 0.15) is 0 Å². The van der Waals surface area contributed by atoms with Crippen LogP contribution in [0.15, 0.2) is 24.4 Å². The summed E-state index contributed by atoms with van der Waals surface area (Å²) in [6, 6.07) is 0.445. The average Bonchev–Trinajstić information content (AvgIpc) is 2.70. The van der Waals surface area contributed by atoms with Crippen molar-refractivity contribution in [2.24, 2.45) is 11.8 Å². The Hall–Kier alpha value is -1.25.